The predicted molar refractivity (Wildman–Crippen MR) is 123 cm³/mol. The molecule has 3 N–H and O–H groups in total. The molecule has 1 fully saturated rings. The van der Waals surface area contributed by atoms with Gasteiger partial charge in [-0.1, -0.05) is 42.5 Å². The van der Waals surface area contributed by atoms with Crippen LogP contribution in [-0.4, -0.2) is 39.4 Å². The number of allylic oxidation sites excluding steroid dienone is 2. The van der Waals surface area contributed by atoms with Crippen molar-refractivity contribution in [3.63, 3.8) is 0 Å². The molecule has 6 heteroatoms. The number of hydrogen-bond acceptors (Lipinski definition) is 4. The van der Waals surface area contributed by atoms with Crippen molar-refractivity contribution < 1.29 is 14.6 Å². The van der Waals surface area contributed by atoms with Crippen molar-refractivity contribution in [2.24, 2.45) is 17.6 Å². The minimum absolute atomic E-state index is 0.150. The first-order valence-electron chi connectivity index (χ1n) is 11.7. The highest BCUT2D eigenvalue weighted by Gasteiger charge is 2.33. The molecule has 168 valence electrons. The van der Waals surface area contributed by atoms with Crippen molar-refractivity contribution in [3.8, 4) is 11.3 Å². The molecule has 1 aromatic heterocycles. The number of carbonyl (C=O) groups is 1. The summed E-state index contributed by atoms with van der Waals surface area (Å²) in [5, 5.41) is 11.1. The Bertz CT molecular complexity index is 1030. The number of aliphatic hydroxyl groups is 1. The smallest absolute Gasteiger partial charge is 0.224 e. The molecule has 1 aromatic carbocycles. The van der Waals surface area contributed by atoms with Crippen molar-refractivity contribution in [2.75, 3.05) is 6.61 Å². The average Bonchev–Trinajstić information content (AvgIpc) is 3.41. The summed E-state index contributed by atoms with van der Waals surface area (Å²) in [4.78, 5) is 15.8. The maximum atomic E-state index is 11.4. The zero-order valence-corrected chi connectivity index (χ0v) is 18.3. The second-order valence-corrected chi connectivity index (χ2v) is 9.36. The van der Waals surface area contributed by atoms with Crippen LogP contribution in [0, 0.1) is 11.8 Å². The largest absolute Gasteiger partial charge is 0.393 e. The molecule has 5 rings (SSSR count). The Morgan fingerprint density at radius 3 is 2.88 bits per heavy atom. The van der Waals surface area contributed by atoms with E-state index in [1.165, 1.54) is 11.1 Å². The number of nitrogens with zero attached hydrogens (tertiary/aromatic N) is 2. The van der Waals surface area contributed by atoms with Gasteiger partial charge in [0, 0.05) is 5.56 Å². The third kappa shape index (κ3) is 4.17. The molecular weight excluding hydrogens is 402 g/mol. The van der Waals surface area contributed by atoms with Crippen LogP contribution in [0.1, 0.15) is 50.1 Å². The number of ether oxygens (including phenoxy) is 1. The highest BCUT2D eigenvalue weighted by molar-refractivity contribution is 5.79. The van der Waals surface area contributed by atoms with Gasteiger partial charge in [-0.25, -0.2) is 4.98 Å². The first-order chi connectivity index (χ1) is 15.6. The molecule has 0 bridgehead atoms. The summed E-state index contributed by atoms with van der Waals surface area (Å²) in [6.07, 6.45) is 14.7. The van der Waals surface area contributed by atoms with E-state index in [2.05, 4.69) is 33.8 Å². The quantitative estimate of drug-likeness (QED) is 0.696. The van der Waals surface area contributed by atoms with Crippen LogP contribution in [-0.2, 0) is 9.53 Å². The van der Waals surface area contributed by atoms with Crippen LogP contribution in [0.3, 0.4) is 0 Å². The van der Waals surface area contributed by atoms with Crippen LogP contribution >= 0.6 is 0 Å². The zero-order chi connectivity index (χ0) is 22.1. The third-order valence-corrected chi connectivity index (χ3v) is 7.35. The fourth-order valence-corrected chi connectivity index (χ4v) is 5.51. The average molecular weight is 434 g/mol. The number of benzene rings is 1. The van der Waals surface area contributed by atoms with E-state index >= 15 is 0 Å². The minimum atomic E-state index is -0.343. The lowest BCUT2D eigenvalue weighted by Gasteiger charge is -2.33. The van der Waals surface area contributed by atoms with Gasteiger partial charge >= 0.3 is 0 Å². The molecule has 3 aliphatic rings. The van der Waals surface area contributed by atoms with Crippen LogP contribution < -0.4 is 5.73 Å². The monoisotopic (exact) mass is 433 g/mol. The predicted octanol–water partition coefficient (Wildman–Crippen LogP) is 3.77. The number of nitrogens with two attached hydrogens (primary N) is 1. The number of carbonyl (C=O) groups excluding carboxylic acids is 1. The third-order valence-electron chi connectivity index (χ3n) is 7.35. The van der Waals surface area contributed by atoms with E-state index in [1.54, 1.807) is 0 Å². The van der Waals surface area contributed by atoms with Crippen molar-refractivity contribution in [1.29, 1.82) is 0 Å². The molecule has 2 heterocycles. The van der Waals surface area contributed by atoms with Gasteiger partial charge in [0.2, 0.25) is 5.91 Å². The molecule has 2 aliphatic carbocycles. The molecule has 0 spiro atoms. The van der Waals surface area contributed by atoms with E-state index in [9.17, 15) is 9.90 Å². The summed E-state index contributed by atoms with van der Waals surface area (Å²) in [5.74, 6) is -0.207. The van der Waals surface area contributed by atoms with Gasteiger partial charge in [0.25, 0.3) is 0 Å². The Labute approximate surface area is 188 Å². The molecule has 6 nitrogen and oxygen atoms in total. The molecule has 2 aromatic rings. The van der Waals surface area contributed by atoms with Crippen LogP contribution in [0.2, 0.25) is 0 Å². The molecule has 32 heavy (non-hydrogen) atoms. The van der Waals surface area contributed by atoms with Crippen LogP contribution in [0.4, 0.5) is 0 Å². The summed E-state index contributed by atoms with van der Waals surface area (Å²) in [6.45, 7) is 0.550. The number of hydrogen-bond donors (Lipinski definition) is 2. The van der Waals surface area contributed by atoms with Crippen molar-refractivity contribution in [1.82, 2.24) is 9.55 Å². The molecule has 1 amide bonds. The topological polar surface area (TPSA) is 90.4 Å². The van der Waals surface area contributed by atoms with Gasteiger partial charge in [0.05, 0.1) is 49.0 Å². The summed E-state index contributed by atoms with van der Waals surface area (Å²) < 4.78 is 8.35. The van der Waals surface area contributed by atoms with Crippen LogP contribution in [0.15, 0.2) is 60.6 Å². The maximum Gasteiger partial charge on any atom is 0.224 e. The van der Waals surface area contributed by atoms with E-state index in [1.807, 2.05) is 30.8 Å². The first kappa shape index (κ1) is 21.2. The Hall–Kier alpha value is -2.70. The lowest BCUT2D eigenvalue weighted by Crippen LogP contribution is -2.31. The van der Waals surface area contributed by atoms with E-state index in [0.29, 0.717) is 25.4 Å². The zero-order valence-electron chi connectivity index (χ0n) is 18.3. The molecule has 0 saturated heterocycles. The van der Waals surface area contributed by atoms with Crippen molar-refractivity contribution in [3.05, 3.63) is 66.2 Å². The summed E-state index contributed by atoms with van der Waals surface area (Å²) in [7, 11) is 0. The van der Waals surface area contributed by atoms with Gasteiger partial charge < -0.3 is 20.1 Å². The molecule has 0 radical (unpaired) electrons. The SMILES string of the molecule is NC(=O)C1C=CC=C(COC2CCC(C(O)CC3c4ccccc4-c4cncn43)CC2)C1. The number of aliphatic hydroxyl groups excluding tert-OH is 1. The molecule has 3 atom stereocenters. The number of rotatable bonds is 7. The Balaban J connectivity index is 1.13. The van der Waals surface area contributed by atoms with Crippen LogP contribution in [0.5, 0.6) is 0 Å². The Kier molecular flexibility index (Phi) is 5.98. The molecular formula is C26H31N3O3. The molecule has 1 aliphatic heterocycles. The fraction of sp³-hybridized carbons (Fsp3) is 0.462. The van der Waals surface area contributed by atoms with Gasteiger partial charge in [-0.3, -0.25) is 4.79 Å². The lowest BCUT2D eigenvalue weighted by atomic mass is 9.81. The lowest BCUT2D eigenvalue weighted by molar-refractivity contribution is -0.120. The van der Waals surface area contributed by atoms with E-state index in [-0.39, 0.29) is 30.1 Å². The minimum Gasteiger partial charge on any atom is -0.393 e. The normalized spacial score (nSPS) is 27.5. The van der Waals surface area contributed by atoms with Gasteiger partial charge in [0.15, 0.2) is 0 Å². The van der Waals surface area contributed by atoms with Gasteiger partial charge in [-0.15, -0.1) is 0 Å². The van der Waals surface area contributed by atoms with Gasteiger partial charge in [-0.2, -0.15) is 0 Å². The van der Waals surface area contributed by atoms with E-state index in [0.717, 1.165) is 37.0 Å². The Morgan fingerprint density at radius 2 is 2.06 bits per heavy atom. The Morgan fingerprint density at radius 1 is 1.25 bits per heavy atom. The van der Waals surface area contributed by atoms with E-state index in [4.69, 9.17) is 10.5 Å². The maximum absolute atomic E-state index is 11.4. The first-order valence-corrected chi connectivity index (χ1v) is 11.7. The van der Waals surface area contributed by atoms with Gasteiger partial charge in [0.1, 0.15) is 0 Å². The van der Waals surface area contributed by atoms with E-state index < -0.39 is 0 Å². The number of aromatic nitrogens is 2. The number of primary amides is 1. The van der Waals surface area contributed by atoms with Crippen LogP contribution in [0.25, 0.3) is 11.3 Å². The highest BCUT2D eigenvalue weighted by Crippen LogP contribution is 2.42. The molecule has 1 saturated carbocycles. The van der Waals surface area contributed by atoms with Crippen molar-refractivity contribution in [2.45, 2.75) is 56.8 Å². The van der Waals surface area contributed by atoms with Crippen molar-refractivity contribution >= 4 is 5.91 Å². The fourth-order valence-electron chi connectivity index (χ4n) is 5.51. The second kappa shape index (κ2) is 9.04. The molecule has 3 unspecified atom stereocenters. The number of imidazole rings is 1. The second-order valence-electron chi connectivity index (χ2n) is 9.36. The number of fused-ring (bicyclic) bond motifs is 3. The number of amides is 1. The summed E-state index contributed by atoms with van der Waals surface area (Å²) in [5.41, 5.74) is 10.2. The summed E-state index contributed by atoms with van der Waals surface area (Å²) >= 11 is 0. The van der Waals surface area contributed by atoms with Gasteiger partial charge in [-0.05, 0) is 55.6 Å². The standard InChI is InChI=1S/C26H31N3O3/c27-26(31)19-5-3-4-17(12-19)15-32-20-10-8-18(9-11-20)25(30)13-23-21-6-1-2-7-22(21)24-14-28-16-29(23)24/h1-7,14,16,18-20,23,25,30H,8-13,15H2,(H2,27,31). The highest BCUT2D eigenvalue weighted by atomic mass is 16.5. The summed E-state index contributed by atoms with van der Waals surface area (Å²) in [6, 6.07) is 8.59.